The lowest BCUT2D eigenvalue weighted by atomic mass is 9.94. The van der Waals surface area contributed by atoms with Crippen LogP contribution in [0.25, 0.3) is 0 Å². The average Bonchev–Trinajstić information content (AvgIpc) is 2.66. The average molecular weight is 366 g/mol. The van der Waals surface area contributed by atoms with Gasteiger partial charge in [-0.2, -0.15) is 0 Å². The van der Waals surface area contributed by atoms with E-state index >= 15 is 0 Å². The summed E-state index contributed by atoms with van der Waals surface area (Å²) >= 11 is 0. The van der Waals surface area contributed by atoms with Gasteiger partial charge in [-0.25, -0.2) is 0 Å². The number of hydrogen-bond acceptors (Lipinski definition) is 1. The lowest BCUT2D eigenvalue weighted by molar-refractivity contribution is 1.09. The smallest absolute Gasteiger partial charge is 0.0584 e. The van der Waals surface area contributed by atoms with Crippen molar-refractivity contribution in [2.24, 2.45) is 0 Å². The first-order valence-corrected chi connectivity index (χ1v) is 8.60. The minimum absolute atomic E-state index is 0. The molecule has 0 unspecified atom stereocenters. The van der Waals surface area contributed by atoms with E-state index in [4.69, 9.17) is 0 Å². The Kier molecular flexibility index (Phi) is 5.57. The molecule has 1 heterocycles. The molecule has 0 saturated heterocycles. The Balaban J connectivity index is -0.000000109. The molecule has 0 aliphatic carbocycles. The highest BCUT2D eigenvalue weighted by Gasteiger charge is 2.21. The van der Waals surface area contributed by atoms with Gasteiger partial charge in [0.15, 0.2) is 0 Å². The number of rotatable bonds is 0. The van der Waals surface area contributed by atoms with Crippen molar-refractivity contribution in [1.82, 2.24) is 0 Å². The van der Waals surface area contributed by atoms with E-state index in [1.54, 1.807) is 6.92 Å². The Hall–Kier alpha value is -3.96. The second-order valence-corrected chi connectivity index (χ2v) is 6.14. The molecule has 2 aromatic carbocycles. The van der Waals surface area contributed by atoms with Crippen molar-refractivity contribution in [2.45, 2.75) is 27.2 Å². The van der Waals surface area contributed by atoms with Gasteiger partial charge in [0.25, 0.3) is 0 Å². The zero-order valence-corrected chi connectivity index (χ0v) is 15.6. The molecule has 0 N–H and O–H groups in total. The summed E-state index contributed by atoms with van der Waals surface area (Å²) < 4.78 is 0. The van der Waals surface area contributed by atoms with Crippen LogP contribution in [0.2, 0.25) is 0 Å². The van der Waals surface area contributed by atoms with E-state index < -0.39 is 0 Å². The van der Waals surface area contributed by atoms with Crippen LogP contribution in [0.1, 0.15) is 44.9 Å². The van der Waals surface area contributed by atoms with E-state index in [9.17, 15) is 0 Å². The maximum Gasteiger partial charge on any atom is 0.0584 e. The molecule has 0 aromatic heterocycles. The fourth-order valence-electron chi connectivity index (χ4n) is 2.85. The summed E-state index contributed by atoms with van der Waals surface area (Å²) in [5, 5.41) is 0. The maximum absolute atomic E-state index is 3.18. The molecule has 1 heteroatoms. The van der Waals surface area contributed by atoms with Crippen LogP contribution < -0.4 is 4.90 Å². The molecule has 0 bridgehead atoms. The van der Waals surface area contributed by atoms with Gasteiger partial charge in [-0.05, 0) is 78.8 Å². The normalized spacial score (nSPS) is 9.81. The number of aryl methyl sites for hydroxylation is 2. The molecule has 148 valence electrons. The van der Waals surface area contributed by atoms with E-state index in [2.05, 4.69) is 110 Å². The number of hydrogen-bond donors (Lipinski definition) is 0. The lowest BCUT2D eigenvalue weighted by Crippen LogP contribution is -2.18. The third-order valence-electron chi connectivity index (χ3n) is 4.07. The third-order valence-corrected chi connectivity index (χ3v) is 4.07. The van der Waals surface area contributed by atoms with Crippen molar-refractivity contribution >= 4 is 11.4 Å². The summed E-state index contributed by atoms with van der Waals surface area (Å²) in [4.78, 5) is 2.03. The second kappa shape index (κ2) is 8.42. The Labute approximate surface area is 178 Å². The van der Waals surface area contributed by atoms with Gasteiger partial charge in [0.2, 0.25) is 0 Å². The SMILES string of the molecule is CC#CC#CC#CC#CC#CN1c2cc(C)ccc2Cc2ccc(C)cc21.[HH].[HH].[HH].[HH].[HH].[HH].[HH].[HH].[HH].[HH].[HH]. The summed E-state index contributed by atoms with van der Waals surface area (Å²) in [5.74, 6) is 24.3. The van der Waals surface area contributed by atoms with Crippen LogP contribution in [0.3, 0.4) is 0 Å². The van der Waals surface area contributed by atoms with Crippen molar-refractivity contribution < 1.29 is 15.7 Å². The van der Waals surface area contributed by atoms with Crippen LogP contribution in [0.4, 0.5) is 11.4 Å². The van der Waals surface area contributed by atoms with E-state index in [0.717, 1.165) is 17.8 Å². The highest BCUT2D eigenvalue weighted by atomic mass is 15.1. The Morgan fingerprint density at radius 2 is 1.19 bits per heavy atom. The van der Waals surface area contributed by atoms with Gasteiger partial charge >= 0.3 is 0 Å². The summed E-state index contributed by atoms with van der Waals surface area (Å²) in [5.41, 5.74) is 7.21. The third kappa shape index (κ3) is 4.36. The van der Waals surface area contributed by atoms with Crippen LogP contribution in [-0.4, -0.2) is 0 Å². The van der Waals surface area contributed by atoms with Crippen LogP contribution in [-0.2, 0) is 6.42 Å². The fraction of sp³-hybridized carbons (Fsp3) is 0.154. The number of anilines is 2. The molecule has 0 saturated carbocycles. The van der Waals surface area contributed by atoms with Gasteiger partial charge in [-0.15, -0.1) is 0 Å². The number of fused-ring (bicyclic) bond motifs is 2. The minimum atomic E-state index is 0. The van der Waals surface area contributed by atoms with E-state index in [-0.39, 0.29) is 15.7 Å². The van der Waals surface area contributed by atoms with Crippen molar-refractivity contribution in [1.29, 1.82) is 0 Å². The Morgan fingerprint density at radius 1 is 0.704 bits per heavy atom. The quantitative estimate of drug-likeness (QED) is 0.452. The Bertz CT molecular complexity index is 1190. The summed E-state index contributed by atoms with van der Waals surface area (Å²) in [7, 11) is 0. The van der Waals surface area contributed by atoms with Crippen molar-refractivity contribution in [2.75, 3.05) is 4.90 Å². The molecule has 0 spiro atoms. The summed E-state index contributed by atoms with van der Waals surface area (Å²) in [6.45, 7) is 5.92. The van der Waals surface area contributed by atoms with Gasteiger partial charge in [0, 0.05) is 51.8 Å². The molecule has 0 radical (unpaired) electrons. The maximum atomic E-state index is 3.18. The van der Waals surface area contributed by atoms with Gasteiger partial charge in [-0.1, -0.05) is 30.2 Å². The van der Waals surface area contributed by atoms with Gasteiger partial charge < -0.3 is 0 Å². The predicted octanol–water partition coefficient (Wildman–Crippen LogP) is 7.05. The highest BCUT2D eigenvalue weighted by Crippen LogP contribution is 2.38. The van der Waals surface area contributed by atoms with Gasteiger partial charge in [-0.3, -0.25) is 4.90 Å². The molecular formula is C26H39N. The van der Waals surface area contributed by atoms with Crippen molar-refractivity contribution in [3.63, 3.8) is 0 Å². The van der Waals surface area contributed by atoms with Crippen LogP contribution >= 0.6 is 0 Å². The lowest BCUT2D eigenvalue weighted by Gasteiger charge is -2.29. The topological polar surface area (TPSA) is 3.24 Å². The van der Waals surface area contributed by atoms with Gasteiger partial charge in [0.1, 0.15) is 0 Å². The van der Waals surface area contributed by atoms with Crippen LogP contribution in [0, 0.1) is 73.2 Å². The van der Waals surface area contributed by atoms with Gasteiger partial charge in [0.05, 0.1) is 11.4 Å². The molecule has 0 amide bonds. The molecule has 0 fully saturated rings. The molecule has 2 aromatic rings. The van der Waals surface area contributed by atoms with E-state index in [1.807, 2.05) is 4.90 Å². The van der Waals surface area contributed by atoms with Crippen LogP contribution in [0.15, 0.2) is 36.4 Å². The molecular weight excluding hydrogens is 326 g/mol. The fourth-order valence-corrected chi connectivity index (χ4v) is 2.85. The molecule has 1 aliphatic rings. The van der Waals surface area contributed by atoms with E-state index in [1.165, 1.54) is 22.3 Å². The monoisotopic (exact) mass is 365 g/mol. The molecule has 1 aliphatic heterocycles. The first-order chi connectivity index (χ1) is 13.2. The predicted molar refractivity (Wildman–Crippen MR) is 135 cm³/mol. The first-order valence-electron chi connectivity index (χ1n) is 8.60. The first kappa shape index (κ1) is 17.8. The molecule has 27 heavy (non-hydrogen) atoms. The highest BCUT2D eigenvalue weighted by molar-refractivity contribution is 5.79. The van der Waals surface area contributed by atoms with Crippen molar-refractivity contribution in [3.05, 3.63) is 58.7 Å². The van der Waals surface area contributed by atoms with E-state index in [0.29, 0.717) is 0 Å². The molecule has 0 atom stereocenters. The van der Waals surface area contributed by atoms with Crippen LogP contribution in [0.5, 0.6) is 0 Å². The second-order valence-electron chi connectivity index (χ2n) is 6.14. The Morgan fingerprint density at radius 3 is 1.70 bits per heavy atom. The number of nitrogens with zero attached hydrogens (tertiary/aromatic N) is 1. The largest absolute Gasteiger partial charge is 0.268 e. The zero-order chi connectivity index (χ0) is 19.1. The summed E-state index contributed by atoms with van der Waals surface area (Å²) in [6.07, 6.45) is 0.917. The summed E-state index contributed by atoms with van der Waals surface area (Å²) in [6, 6.07) is 16.2. The number of benzene rings is 2. The van der Waals surface area contributed by atoms with Crippen molar-refractivity contribution in [3.8, 4) is 59.3 Å². The zero-order valence-electron chi connectivity index (χ0n) is 15.6. The molecule has 1 nitrogen and oxygen atoms in total. The minimum Gasteiger partial charge on any atom is -0.268 e. The standard InChI is InChI=1S/C26H17N.11H2/c1-4-5-6-7-8-9-10-11-12-17-27-25-18-21(2)13-15-23(25)20-24-16-14-22(3)19-26(24)27;;;;;;;;;;;/h13-16,18-19H,20H2,1-3H3;11*1H. The molecule has 3 rings (SSSR count).